The van der Waals surface area contributed by atoms with Gasteiger partial charge in [0.15, 0.2) is 0 Å². The van der Waals surface area contributed by atoms with Crippen LogP contribution in [0, 0.1) is 11.7 Å². The third-order valence-corrected chi connectivity index (χ3v) is 3.18. The van der Waals surface area contributed by atoms with Gasteiger partial charge in [0.1, 0.15) is 11.6 Å². The molecule has 94 valence electrons. The van der Waals surface area contributed by atoms with Crippen LogP contribution in [0.1, 0.15) is 24.8 Å². The van der Waals surface area contributed by atoms with Crippen LogP contribution in [-0.4, -0.2) is 13.2 Å². The van der Waals surface area contributed by atoms with Crippen LogP contribution in [0.25, 0.3) is 0 Å². The van der Waals surface area contributed by atoms with Crippen LogP contribution in [0.5, 0.6) is 5.75 Å². The monoisotopic (exact) mass is 257 g/mol. The molecule has 2 rings (SSSR count). The molecular weight excluding hydrogens is 241 g/mol. The molecule has 1 aliphatic carbocycles. The van der Waals surface area contributed by atoms with E-state index >= 15 is 0 Å². The molecule has 1 aromatic rings. The molecule has 2 nitrogen and oxygen atoms in total. The largest absolute Gasteiger partial charge is 0.491 e. The van der Waals surface area contributed by atoms with Crippen LogP contribution < -0.4 is 10.5 Å². The summed E-state index contributed by atoms with van der Waals surface area (Å²) in [5, 5.41) is 0.359. The zero-order chi connectivity index (χ0) is 12.3. The first-order chi connectivity index (χ1) is 8.20. The molecule has 0 amide bonds. The Morgan fingerprint density at radius 2 is 2.18 bits per heavy atom. The Morgan fingerprint density at radius 1 is 1.41 bits per heavy atom. The molecule has 0 atom stereocenters. The van der Waals surface area contributed by atoms with Crippen LogP contribution in [0.3, 0.4) is 0 Å². The molecule has 1 saturated carbocycles. The molecule has 17 heavy (non-hydrogen) atoms. The lowest BCUT2D eigenvalue weighted by atomic mass is 10.1. The normalized spacial score (nSPS) is 15.0. The number of hydrogen-bond donors (Lipinski definition) is 1. The van der Waals surface area contributed by atoms with Crippen molar-refractivity contribution in [1.29, 1.82) is 0 Å². The molecule has 0 bridgehead atoms. The van der Waals surface area contributed by atoms with Gasteiger partial charge in [0, 0.05) is 0 Å². The second-order valence-electron chi connectivity index (χ2n) is 4.52. The number of aryl methyl sites for hydroxylation is 1. The second kappa shape index (κ2) is 5.69. The molecule has 1 fully saturated rings. The number of ether oxygens (including phenoxy) is 1. The summed E-state index contributed by atoms with van der Waals surface area (Å²) in [4.78, 5) is 0. The first-order valence-corrected chi connectivity index (χ1v) is 6.39. The Labute approximate surface area is 106 Å². The van der Waals surface area contributed by atoms with Gasteiger partial charge in [0.25, 0.3) is 0 Å². The van der Waals surface area contributed by atoms with E-state index in [-0.39, 0.29) is 5.82 Å². The first-order valence-electron chi connectivity index (χ1n) is 6.01. The molecule has 0 radical (unpaired) electrons. The van der Waals surface area contributed by atoms with Crippen molar-refractivity contribution < 1.29 is 9.13 Å². The lowest BCUT2D eigenvalue weighted by Crippen LogP contribution is -2.05. The minimum Gasteiger partial charge on any atom is -0.491 e. The molecule has 1 aromatic carbocycles. The molecule has 0 spiro atoms. The van der Waals surface area contributed by atoms with Gasteiger partial charge in [-0.2, -0.15) is 0 Å². The molecule has 0 saturated heterocycles. The van der Waals surface area contributed by atoms with Crippen molar-refractivity contribution in [3.63, 3.8) is 0 Å². The van der Waals surface area contributed by atoms with Crippen molar-refractivity contribution in [2.24, 2.45) is 11.7 Å². The summed E-state index contributed by atoms with van der Waals surface area (Å²) in [7, 11) is 0. The minimum absolute atomic E-state index is 0.319. The Kier molecular flexibility index (Phi) is 4.24. The predicted molar refractivity (Wildman–Crippen MR) is 67.0 cm³/mol. The summed E-state index contributed by atoms with van der Waals surface area (Å²) < 4.78 is 19.0. The van der Waals surface area contributed by atoms with Crippen LogP contribution in [0.2, 0.25) is 5.02 Å². The summed E-state index contributed by atoms with van der Waals surface area (Å²) in [5.41, 5.74) is 6.29. The molecule has 0 aromatic heterocycles. The lowest BCUT2D eigenvalue weighted by Gasteiger charge is -2.13. The van der Waals surface area contributed by atoms with Crippen LogP contribution in [0.4, 0.5) is 4.39 Å². The van der Waals surface area contributed by atoms with E-state index in [4.69, 9.17) is 22.1 Å². The van der Waals surface area contributed by atoms with Crippen molar-refractivity contribution in [2.75, 3.05) is 13.2 Å². The molecule has 2 N–H and O–H groups in total. The Bertz CT molecular complexity index is 393. The highest BCUT2D eigenvalue weighted by molar-refractivity contribution is 6.32. The van der Waals surface area contributed by atoms with Crippen molar-refractivity contribution in [3.05, 3.63) is 28.5 Å². The first kappa shape index (κ1) is 12.7. The van der Waals surface area contributed by atoms with Gasteiger partial charge in [-0.1, -0.05) is 11.6 Å². The highest BCUT2D eigenvalue weighted by atomic mass is 35.5. The summed E-state index contributed by atoms with van der Waals surface area (Å²) >= 11 is 6.02. The molecule has 1 aliphatic rings. The van der Waals surface area contributed by atoms with Crippen molar-refractivity contribution in [1.82, 2.24) is 0 Å². The topological polar surface area (TPSA) is 35.2 Å². The van der Waals surface area contributed by atoms with E-state index in [0.717, 1.165) is 12.0 Å². The summed E-state index contributed by atoms with van der Waals surface area (Å²) in [6, 6.07) is 2.79. The van der Waals surface area contributed by atoms with Crippen molar-refractivity contribution >= 4 is 11.6 Å². The van der Waals surface area contributed by atoms with Gasteiger partial charge in [-0.05, 0) is 55.8 Å². The van der Waals surface area contributed by atoms with Crippen LogP contribution >= 0.6 is 11.6 Å². The van der Waals surface area contributed by atoms with Crippen molar-refractivity contribution in [2.45, 2.75) is 25.7 Å². The quantitative estimate of drug-likeness (QED) is 0.850. The number of hydrogen-bond acceptors (Lipinski definition) is 2. The van der Waals surface area contributed by atoms with Crippen LogP contribution in [0.15, 0.2) is 12.1 Å². The third-order valence-electron chi connectivity index (χ3n) is 2.90. The van der Waals surface area contributed by atoms with E-state index in [1.807, 2.05) is 0 Å². The molecule has 4 heteroatoms. The predicted octanol–water partition coefficient (Wildman–Crippen LogP) is 3.16. The lowest BCUT2D eigenvalue weighted by molar-refractivity contribution is 0.296. The average molecular weight is 258 g/mol. The Balaban J connectivity index is 2.12. The smallest absolute Gasteiger partial charge is 0.141 e. The van der Waals surface area contributed by atoms with E-state index in [9.17, 15) is 4.39 Å². The maximum atomic E-state index is 13.3. The Morgan fingerprint density at radius 3 is 2.82 bits per heavy atom. The van der Waals surface area contributed by atoms with Gasteiger partial charge in [-0.15, -0.1) is 0 Å². The maximum Gasteiger partial charge on any atom is 0.141 e. The fourth-order valence-electron chi connectivity index (χ4n) is 1.74. The summed E-state index contributed by atoms with van der Waals surface area (Å²) in [6.07, 6.45) is 3.95. The van der Waals surface area contributed by atoms with Crippen molar-refractivity contribution in [3.8, 4) is 5.75 Å². The Hall–Kier alpha value is -0.800. The van der Waals surface area contributed by atoms with Gasteiger partial charge in [-0.25, -0.2) is 4.39 Å². The standard InChI is InChI=1S/C13H17ClFNO/c14-12-7-11(15)6-10(2-1-5-16)13(12)17-8-9-3-4-9/h6-7,9H,1-5,8,16H2. The summed E-state index contributed by atoms with van der Waals surface area (Å²) in [5.74, 6) is 0.965. The van der Waals surface area contributed by atoms with Gasteiger partial charge in [0.05, 0.1) is 11.6 Å². The number of halogens is 2. The van der Waals surface area contributed by atoms with Gasteiger partial charge < -0.3 is 10.5 Å². The number of nitrogens with two attached hydrogens (primary N) is 1. The highest BCUT2D eigenvalue weighted by Gasteiger charge is 2.23. The van der Waals surface area contributed by atoms with E-state index in [1.54, 1.807) is 0 Å². The molecule has 0 unspecified atom stereocenters. The fraction of sp³-hybridized carbons (Fsp3) is 0.538. The minimum atomic E-state index is -0.319. The zero-order valence-electron chi connectivity index (χ0n) is 9.72. The maximum absolute atomic E-state index is 13.3. The highest BCUT2D eigenvalue weighted by Crippen LogP contribution is 2.34. The molecular formula is C13H17ClFNO. The fourth-order valence-corrected chi connectivity index (χ4v) is 2.02. The molecule has 0 aliphatic heterocycles. The summed E-state index contributed by atoms with van der Waals surface area (Å²) in [6.45, 7) is 1.26. The van der Waals surface area contributed by atoms with E-state index < -0.39 is 0 Å². The number of benzene rings is 1. The SMILES string of the molecule is NCCCc1cc(F)cc(Cl)c1OCC1CC1. The number of rotatable bonds is 6. The zero-order valence-corrected chi connectivity index (χ0v) is 10.5. The average Bonchev–Trinajstić information content (AvgIpc) is 3.08. The van der Waals surface area contributed by atoms with Gasteiger partial charge in [0.2, 0.25) is 0 Å². The van der Waals surface area contributed by atoms with E-state index in [1.165, 1.54) is 25.0 Å². The van der Waals surface area contributed by atoms with E-state index in [0.29, 0.717) is 36.3 Å². The second-order valence-corrected chi connectivity index (χ2v) is 4.93. The molecule has 0 heterocycles. The third kappa shape index (κ3) is 3.58. The van der Waals surface area contributed by atoms with Gasteiger partial charge in [-0.3, -0.25) is 0 Å². The van der Waals surface area contributed by atoms with Crippen LogP contribution in [-0.2, 0) is 6.42 Å². The van der Waals surface area contributed by atoms with Gasteiger partial charge >= 0.3 is 0 Å². The van der Waals surface area contributed by atoms with E-state index in [2.05, 4.69) is 0 Å².